The zero-order valence-electron chi connectivity index (χ0n) is 12.7. The monoisotopic (exact) mass is 353 g/mol. The standard InChI is InChI=1S/C16H24BrN3O/c1-11(18)15-9-14(17)3-4-16(15)20-7-5-13(6-8-20)10-19-12(2)21/h3-4,9,11,13H,5-8,10,18H2,1-2H3,(H,19,21). The maximum atomic E-state index is 11.0. The van der Waals surface area contributed by atoms with Crippen molar-refractivity contribution in [1.82, 2.24) is 5.32 Å². The van der Waals surface area contributed by atoms with E-state index in [4.69, 9.17) is 5.73 Å². The number of nitrogens with two attached hydrogens (primary N) is 1. The normalized spacial score (nSPS) is 17.6. The molecule has 0 spiro atoms. The topological polar surface area (TPSA) is 58.4 Å². The summed E-state index contributed by atoms with van der Waals surface area (Å²) < 4.78 is 1.07. The molecule has 2 rings (SSSR count). The predicted molar refractivity (Wildman–Crippen MR) is 90.4 cm³/mol. The van der Waals surface area contributed by atoms with Crippen LogP contribution < -0.4 is 16.0 Å². The van der Waals surface area contributed by atoms with E-state index in [1.54, 1.807) is 6.92 Å². The molecule has 1 atom stereocenters. The highest BCUT2D eigenvalue weighted by Crippen LogP contribution is 2.31. The number of piperidine rings is 1. The molecule has 0 aliphatic carbocycles. The number of anilines is 1. The Morgan fingerprint density at radius 3 is 2.71 bits per heavy atom. The quantitative estimate of drug-likeness (QED) is 0.874. The summed E-state index contributed by atoms with van der Waals surface area (Å²) >= 11 is 3.52. The molecular formula is C16H24BrN3O. The lowest BCUT2D eigenvalue weighted by Crippen LogP contribution is -2.38. The molecule has 5 heteroatoms. The second kappa shape index (κ2) is 7.27. The van der Waals surface area contributed by atoms with Crippen molar-refractivity contribution in [3.8, 4) is 0 Å². The molecule has 1 saturated heterocycles. The van der Waals surface area contributed by atoms with Gasteiger partial charge in [-0.15, -0.1) is 0 Å². The molecule has 1 aromatic rings. The van der Waals surface area contributed by atoms with Gasteiger partial charge in [-0.3, -0.25) is 4.79 Å². The highest BCUT2D eigenvalue weighted by molar-refractivity contribution is 9.10. The highest BCUT2D eigenvalue weighted by Gasteiger charge is 2.22. The summed E-state index contributed by atoms with van der Waals surface area (Å²) in [6, 6.07) is 6.36. The van der Waals surface area contributed by atoms with Gasteiger partial charge in [-0.2, -0.15) is 0 Å². The van der Waals surface area contributed by atoms with Crippen LogP contribution in [0.15, 0.2) is 22.7 Å². The lowest BCUT2D eigenvalue weighted by atomic mass is 9.95. The van der Waals surface area contributed by atoms with Crippen molar-refractivity contribution in [2.24, 2.45) is 11.7 Å². The van der Waals surface area contributed by atoms with Gasteiger partial charge in [0.05, 0.1) is 0 Å². The smallest absolute Gasteiger partial charge is 0.216 e. The van der Waals surface area contributed by atoms with Crippen molar-refractivity contribution in [3.05, 3.63) is 28.2 Å². The van der Waals surface area contributed by atoms with Crippen LogP contribution in [0.3, 0.4) is 0 Å². The molecule has 3 N–H and O–H groups in total. The molecule has 0 bridgehead atoms. The van der Waals surface area contributed by atoms with E-state index in [1.807, 2.05) is 6.92 Å². The number of benzene rings is 1. The number of nitrogens with one attached hydrogen (secondary N) is 1. The van der Waals surface area contributed by atoms with Crippen molar-refractivity contribution in [2.45, 2.75) is 32.7 Å². The summed E-state index contributed by atoms with van der Waals surface area (Å²) in [6.45, 7) is 6.43. The minimum Gasteiger partial charge on any atom is -0.371 e. The molecule has 0 radical (unpaired) electrons. The minimum absolute atomic E-state index is 0.0228. The molecule has 1 aliphatic heterocycles. The van der Waals surface area contributed by atoms with Crippen molar-refractivity contribution in [2.75, 3.05) is 24.5 Å². The van der Waals surface area contributed by atoms with Gasteiger partial charge in [0.2, 0.25) is 5.91 Å². The average molecular weight is 354 g/mol. The molecule has 1 heterocycles. The third-order valence-corrected chi connectivity index (χ3v) is 4.57. The van der Waals surface area contributed by atoms with Gasteiger partial charge in [0.1, 0.15) is 0 Å². The fraction of sp³-hybridized carbons (Fsp3) is 0.562. The van der Waals surface area contributed by atoms with Crippen LogP contribution >= 0.6 is 15.9 Å². The van der Waals surface area contributed by atoms with Crippen LogP contribution in [-0.2, 0) is 4.79 Å². The van der Waals surface area contributed by atoms with Crippen molar-refractivity contribution in [1.29, 1.82) is 0 Å². The second-order valence-corrected chi connectivity index (χ2v) is 6.77. The first-order chi connectivity index (χ1) is 9.97. The molecule has 21 heavy (non-hydrogen) atoms. The van der Waals surface area contributed by atoms with E-state index in [0.717, 1.165) is 36.9 Å². The van der Waals surface area contributed by atoms with Crippen LogP contribution in [0.5, 0.6) is 0 Å². The van der Waals surface area contributed by atoms with Crippen molar-refractivity contribution >= 4 is 27.5 Å². The molecule has 0 saturated carbocycles. The van der Waals surface area contributed by atoms with E-state index in [9.17, 15) is 4.79 Å². The summed E-state index contributed by atoms with van der Waals surface area (Å²) in [5, 5.41) is 2.92. The third-order valence-electron chi connectivity index (χ3n) is 4.08. The van der Waals surface area contributed by atoms with E-state index in [-0.39, 0.29) is 11.9 Å². The maximum Gasteiger partial charge on any atom is 0.216 e. The van der Waals surface area contributed by atoms with Crippen LogP contribution in [0.4, 0.5) is 5.69 Å². The fourth-order valence-electron chi connectivity index (χ4n) is 2.84. The SMILES string of the molecule is CC(=O)NCC1CCN(c2ccc(Br)cc2C(C)N)CC1. The Labute approximate surface area is 135 Å². The van der Waals surface area contributed by atoms with Gasteiger partial charge < -0.3 is 16.0 Å². The second-order valence-electron chi connectivity index (χ2n) is 5.86. The first-order valence-electron chi connectivity index (χ1n) is 7.51. The van der Waals surface area contributed by atoms with Gasteiger partial charge in [-0.1, -0.05) is 15.9 Å². The zero-order chi connectivity index (χ0) is 15.4. The molecule has 0 aromatic heterocycles. The van der Waals surface area contributed by atoms with Crippen LogP contribution in [0.2, 0.25) is 0 Å². The number of halogens is 1. The number of nitrogens with zero attached hydrogens (tertiary/aromatic N) is 1. The Morgan fingerprint density at radius 2 is 2.14 bits per heavy atom. The van der Waals surface area contributed by atoms with Crippen LogP contribution in [0.25, 0.3) is 0 Å². The Bertz CT molecular complexity index is 496. The van der Waals surface area contributed by atoms with E-state index in [2.05, 4.69) is 44.3 Å². The molecule has 1 unspecified atom stereocenters. The Morgan fingerprint density at radius 1 is 1.48 bits per heavy atom. The van der Waals surface area contributed by atoms with Gasteiger partial charge >= 0.3 is 0 Å². The first-order valence-corrected chi connectivity index (χ1v) is 8.31. The average Bonchev–Trinajstić information content (AvgIpc) is 2.45. The molecule has 116 valence electrons. The number of rotatable bonds is 4. The number of carbonyl (C=O) groups is 1. The molecule has 4 nitrogen and oxygen atoms in total. The summed E-state index contributed by atoms with van der Waals surface area (Å²) in [4.78, 5) is 13.4. The molecule has 1 aliphatic rings. The first kappa shape index (κ1) is 16.3. The molecular weight excluding hydrogens is 330 g/mol. The lowest BCUT2D eigenvalue weighted by molar-refractivity contribution is -0.119. The van der Waals surface area contributed by atoms with E-state index in [1.165, 1.54) is 11.3 Å². The van der Waals surface area contributed by atoms with Gasteiger partial charge in [0, 0.05) is 42.8 Å². The number of hydrogen-bond acceptors (Lipinski definition) is 3. The van der Waals surface area contributed by atoms with Gasteiger partial charge in [-0.05, 0) is 49.4 Å². The largest absolute Gasteiger partial charge is 0.371 e. The highest BCUT2D eigenvalue weighted by atomic mass is 79.9. The fourth-order valence-corrected chi connectivity index (χ4v) is 3.22. The van der Waals surface area contributed by atoms with E-state index >= 15 is 0 Å². The van der Waals surface area contributed by atoms with E-state index in [0.29, 0.717) is 5.92 Å². The van der Waals surface area contributed by atoms with Crippen molar-refractivity contribution in [3.63, 3.8) is 0 Å². The summed E-state index contributed by atoms with van der Waals surface area (Å²) in [5.41, 5.74) is 8.53. The Kier molecular flexibility index (Phi) is 5.65. The minimum atomic E-state index is 0.0228. The molecule has 1 fully saturated rings. The predicted octanol–water partition coefficient (Wildman–Crippen LogP) is 2.82. The summed E-state index contributed by atoms with van der Waals surface area (Å²) in [5.74, 6) is 0.643. The third kappa shape index (κ3) is 4.45. The van der Waals surface area contributed by atoms with Crippen LogP contribution in [-0.4, -0.2) is 25.5 Å². The van der Waals surface area contributed by atoms with Crippen LogP contribution in [0.1, 0.15) is 38.3 Å². The number of hydrogen-bond donors (Lipinski definition) is 2. The Balaban J connectivity index is 2.00. The maximum absolute atomic E-state index is 11.0. The Hall–Kier alpha value is -1.07. The lowest BCUT2D eigenvalue weighted by Gasteiger charge is -2.35. The number of amides is 1. The molecule has 1 amide bonds. The summed E-state index contributed by atoms with van der Waals surface area (Å²) in [6.07, 6.45) is 2.21. The van der Waals surface area contributed by atoms with Crippen LogP contribution in [0, 0.1) is 5.92 Å². The van der Waals surface area contributed by atoms with E-state index < -0.39 is 0 Å². The number of carbonyl (C=O) groups excluding carboxylic acids is 1. The van der Waals surface area contributed by atoms with Gasteiger partial charge in [0.15, 0.2) is 0 Å². The van der Waals surface area contributed by atoms with Gasteiger partial charge in [-0.25, -0.2) is 0 Å². The van der Waals surface area contributed by atoms with Crippen molar-refractivity contribution < 1.29 is 4.79 Å². The molecule has 1 aromatic carbocycles. The van der Waals surface area contributed by atoms with Gasteiger partial charge in [0.25, 0.3) is 0 Å². The summed E-state index contributed by atoms with van der Waals surface area (Å²) in [7, 11) is 0. The zero-order valence-corrected chi connectivity index (χ0v) is 14.3.